The molecule has 2 saturated heterocycles. The van der Waals surface area contributed by atoms with E-state index in [0.29, 0.717) is 26.1 Å². The van der Waals surface area contributed by atoms with E-state index in [4.69, 9.17) is 0 Å². The van der Waals surface area contributed by atoms with Crippen LogP contribution in [0.3, 0.4) is 0 Å². The lowest BCUT2D eigenvalue weighted by atomic mass is 10.0. The third-order valence-corrected chi connectivity index (χ3v) is 5.47. The van der Waals surface area contributed by atoms with Crippen molar-refractivity contribution in [3.05, 3.63) is 35.9 Å². The number of likely N-dealkylation sites (tertiary alicyclic amines) is 2. The fourth-order valence-electron chi connectivity index (χ4n) is 3.97. The summed E-state index contributed by atoms with van der Waals surface area (Å²) in [6.45, 7) is 5.30. The Balaban J connectivity index is 1.57. The van der Waals surface area contributed by atoms with Gasteiger partial charge in [-0.2, -0.15) is 0 Å². The molecule has 6 heteroatoms. The van der Waals surface area contributed by atoms with Crippen molar-refractivity contribution in [2.75, 3.05) is 19.6 Å². The number of carbonyl (C=O) groups excluding carboxylic acids is 3. The highest BCUT2D eigenvalue weighted by Crippen LogP contribution is 2.30. The molecule has 0 bridgehead atoms. The fourth-order valence-corrected chi connectivity index (χ4v) is 3.97. The van der Waals surface area contributed by atoms with Crippen molar-refractivity contribution in [3.63, 3.8) is 0 Å². The van der Waals surface area contributed by atoms with Crippen LogP contribution in [0.15, 0.2) is 30.3 Å². The Hall–Kier alpha value is -2.37. The highest BCUT2D eigenvalue weighted by atomic mass is 16.2. The summed E-state index contributed by atoms with van der Waals surface area (Å²) in [7, 11) is 0. The second-order valence-corrected chi connectivity index (χ2v) is 7.33. The molecule has 0 radical (unpaired) electrons. The molecule has 2 aliphatic rings. The van der Waals surface area contributed by atoms with Crippen LogP contribution in [0.25, 0.3) is 0 Å². The Bertz CT molecular complexity index is 668. The summed E-state index contributed by atoms with van der Waals surface area (Å²) in [6, 6.07) is 10.0. The second kappa shape index (κ2) is 7.89. The third kappa shape index (κ3) is 4.06. The van der Waals surface area contributed by atoms with Crippen LogP contribution in [0.4, 0.5) is 0 Å². The lowest BCUT2D eigenvalue weighted by Gasteiger charge is -2.33. The fraction of sp³-hybridized carbons (Fsp3) is 0.550. The van der Waals surface area contributed by atoms with Gasteiger partial charge in [0.15, 0.2) is 0 Å². The van der Waals surface area contributed by atoms with Crippen LogP contribution in [0, 0.1) is 5.92 Å². The molecule has 0 spiro atoms. The quantitative estimate of drug-likeness (QED) is 0.892. The molecular weight excluding hydrogens is 330 g/mol. The van der Waals surface area contributed by atoms with Crippen LogP contribution in [0.1, 0.15) is 44.7 Å². The second-order valence-electron chi connectivity index (χ2n) is 7.33. The van der Waals surface area contributed by atoms with Gasteiger partial charge in [0.25, 0.3) is 0 Å². The lowest BCUT2D eigenvalue weighted by molar-refractivity contribution is -0.137. The summed E-state index contributed by atoms with van der Waals surface area (Å²) in [4.78, 5) is 40.1. The average molecular weight is 357 g/mol. The molecule has 6 nitrogen and oxygen atoms in total. The molecule has 2 heterocycles. The van der Waals surface area contributed by atoms with Crippen LogP contribution in [-0.2, 0) is 14.4 Å². The Kier molecular flexibility index (Phi) is 5.59. The van der Waals surface area contributed by atoms with Gasteiger partial charge in [0, 0.05) is 39.0 Å². The minimum atomic E-state index is -0.258. The third-order valence-electron chi connectivity index (χ3n) is 5.47. The number of carbonyl (C=O) groups is 3. The SMILES string of the molecule is CC(=O)NC1CCN(C(=O)C2CC(=O)N(C(C)c3ccccc3)C2)CC1. The predicted octanol–water partition coefficient (Wildman–Crippen LogP) is 1.72. The van der Waals surface area contributed by atoms with E-state index in [2.05, 4.69) is 5.32 Å². The van der Waals surface area contributed by atoms with Crippen LogP contribution >= 0.6 is 0 Å². The molecule has 2 aliphatic heterocycles. The van der Waals surface area contributed by atoms with Gasteiger partial charge in [-0.15, -0.1) is 0 Å². The molecule has 1 N–H and O–H groups in total. The molecule has 26 heavy (non-hydrogen) atoms. The Morgan fingerprint density at radius 2 is 1.81 bits per heavy atom. The average Bonchev–Trinajstić information content (AvgIpc) is 3.03. The Morgan fingerprint density at radius 1 is 1.15 bits per heavy atom. The van der Waals surface area contributed by atoms with Crippen LogP contribution in [0.2, 0.25) is 0 Å². The molecule has 1 aromatic carbocycles. The zero-order chi connectivity index (χ0) is 18.7. The summed E-state index contributed by atoms with van der Waals surface area (Å²) in [5.41, 5.74) is 1.09. The first kappa shape index (κ1) is 18.4. The van der Waals surface area contributed by atoms with E-state index >= 15 is 0 Å². The van der Waals surface area contributed by atoms with E-state index in [9.17, 15) is 14.4 Å². The predicted molar refractivity (Wildman–Crippen MR) is 98.1 cm³/mol. The molecule has 2 atom stereocenters. The molecule has 0 saturated carbocycles. The van der Waals surface area contributed by atoms with Crippen molar-refractivity contribution in [1.82, 2.24) is 15.1 Å². The van der Waals surface area contributed by atoms with E-state index in [1.807, 2.05) is 47.1 Å². The van der Waals surface area contributed by atoms with Gasteiger partial charge in [0.1, 0.15) is 0 Å². The van der Waals surface area contributed by atoms with Gasteiger partial charge in [-0.3, -0.25) is 14.4 Å². The first-order chi connectivity index (χ1) is 12.5. The molecule has 0 aromatic heterocycles. The Morgan fingerprint density at radius 3 is 2.42 bits per heavy atom. The lowest BCUT2D eigenvalue weighted by Crippen LogP contribution is -2.48. The molecular formula is C20H27N3O3. The molecule has 1 aromatic rings. The van der Waals surface area contributed by atoms with Crippen molar-refractivity contribution < 1.29 is 14.4 Å². The van der Waals surface area contributed by atoms with Crippen LogP contribution < -0.4 is 5.32 Å². The maximum atomic E-state index is 12.8. The van der Waals surface area contributed by atoms with Crippen molar-refractivity contribution >= 4 is 17.7 Å². The topological polar surface area (TPSA) is 69.7 Å². The zero-order valence-corrected chi connectivity index (χ0v) is 15.5. The molecule has 140 valence electrons. The minimum Gasteiger partial charge on any atom is -0.353 e. The maximum absolute atomic E-state index is 12.8. The number of piperidine rings is 1. The van der Waals surface area contributed by atoms with Gasteiger partial charge in [0.05, 0.1) is 12.0 Å². The van der Waals surface area contributed by atoms with Gasteiger partial charge in [-0.25, -0.2) is 0 Å². The van der Waals surface area contributed by atoms with Gasteiger partial charge in [-0.1, -0.05) is 30.3 Å². The molecule has 3 amide bonds. The van der Waals surface area contributed by atoms with Gasteiger partial charge < -0.3 is 15.1 Å². The number of nitrogens with zero attached hydrogens (tertiary/aromatic N) is 2. The maximum Gasteiger partial charge on any atom is 0.227 e. The summed E-state index contributed by atoms with van der Waals surface area (Å²) in [5, 5.41) is 2.92. The summed E-state index contributed by atoms with van der Waals surface area (Å²) < 4.78 is 0. The molecule has 2 fully saturated rings. The highest BCUT2D eigenvalue weighted by Gasteiger charge is 2.39. The Labute approximate surface area is 154 Å². The van der Waals surface area contributed by atoms with Gasteiger partial charge >= 0.3 is 0 Å². The molecule has 0 aliphatic carbocycles. The van der Waals surface area contributed by atoms with Crippen molar-refractivity contribution in [2.45, 2.75) is 45.2 Å². The number of hydrogen-bond donors (Lipinski definition) is 1. The van der Waals surface area contributed by atoms with Gasteiger partial charge in [-0.05, 0) is 25.3 Å². The number of amides is 3. The van der Waals surface area contributed by atoms with Gasteiger partial charge in [0.2, 0.25) is 17.7 Å². The van der Waals surface area contributed by atoms with E-state index in [-0.39, 0.29) is 35.7 Å². The minimum absolute atomic E-state index is 0.0213. The largest absolute Gasteiger partial charge is 0.353 e. The van der Waals surface area contributed by atoms with Crippen molar-refractivity contribution in [3.8, 4) is 0 Å². The van der Waals surface area contributed by atoms with E-state index in [0.717, 1.165) is 18.4 Å². The number of nitrogens with one attached hydrogen (secondary N) is 1. The first-order valence-corrected chi connectivity index (χ1v) is 9.36. The van der Waals surface area contributed by atoms with Crippen molar-refractivity contribution in [2.24, 2.45) is 5.92 Å². The zero-order valence-electron chi connectivity index (χ0n) is 15.5. The molecule has 2 unspecified atom stereocenters. The van der Waals surface area contributed by atoms with Crippen LogP contribution in [-0.4, -0.2) is 53.2 Å². The number of hydrogen-bond acceptors (Lipinski definition) is 3. The first-order valence-electron chi connectivity index (χ1n) is 9.36. The summed E-state index contributed by atoms with van der Waals surface area (Å²) in [6.07, 6.45) is 1.84. The monoisotopic (exact) mass is 357 g/mol. The summed E-state index contributed by atoms with van der Waals surface area (Å²) in [5.74, 6) is -0.164. The van der Waals surface area contributed by atoms with E-state index < -0.39 is 0 Å². The number of rotatable bonds is 4. The van der Waals surface area contributed by atoms with Crippen LogP contribution in [0.5, 0.6) is 0 Å². The smallest absolute Gasteiger partial charge is 0.227 e. The highest BCUT2D eigenvalue weighted by molar-refractivity contribution is 5.89. The van der Waals surface area contributed by atoms with E-state index in [1.54, 1.807) is 0 Å². The number of benzene rings is 1. The normalized spacial score (nSPS) is 22.4. The standard InChI is InChI=1S/C20H27N3O3/c1-14(16-6-4-3-5-7-16)23-13-17(12-19(23)25)20(26)22-10-8-18(9-11-22)21-15(2)24/h3-7,14,17-18H,8-13H2,1-2H3,(H,21,24). The van der Waals surface area contributed by atoms with Crippen molar-refractivity contribution in [1.29, 1.82) is 0 Å². The summed E-state index contributed by atoms with van der Waals surface area (Å²) >= 11 is 0. The molecule has 3 rings (SSSR count). The van der Waals surface area contributed by atoms with E-state index in [1.165, 1.54) is 6.92 Å².